The Kier molecular flexibility index (Phi) is 4.05. The predicted octanol–water partition coefficient (Wildman–Crippen LogP) is 1.54. The van der Waals surface area contributed by atoms with Crippen LogP contribution >= 0.6 is 0 Å². The number of piperidine rings is 1. The quantitative estimate of drug-likeness (QED) is 0.852. The fourth-order valence-corrected chi connectivity index (χ4v) is 2.81. The minimum absolute atomic E-state index is 0.173. The highest BCUT2D eigenvalue weighted by molar-refractivity contribution is 5.22. The first kappa shape index (κ1) is 13.5. The summed E-state index contributed by atoms with van der Waals surface area (Å²) in [6.07, 6.45) is 0.815. The van der Waals surface area contributed by atoms with E-state index in [4.69, 9.17) is 0 Å². The average molecular weight is 248 g/mol. The number of rotatable bonds is 3. The Morgan fingerprint density at radius 1 is 1.50 bits per heavy atom. The molecule has 1 aliphatic heterocycles. The third-order valence-corrected chi connectivity index (χ3v) is 3.91. The van der Waals surface area contributed by atoms with Crippen molar-refractivity contribution in [3.05, 3.63) is 35.4 Å². The number of benzene rings is 1. The van der Waals surface area contributed by atoms with Crippen molar-refractivity contribution in [1.82, 2.24) is 10.2 Å². The van der Waals surface area contributed by atoms with E-state index in [0.717, 1.165) is 26.1 Å². The smallest absolute Gasteiger partial charge is 0.0798 e. The summed E-state index contributed by atoms with van der Waals surface area (Å²) < 4.78 is 0. The van der Waals surface area contributed by atoms with Gasteiger partial charge in [0.2, 0.25) is 0 Å². The molecular weight excluding hydrogens is 224 g/mol. The zero-order chi connectivity index (χ0) is 13.2. The van der Waals surface area contributed by atoms with Crippen LogP contribution in [0, 0.1) is 6.92 Å². The van der Waals surface area contributed by atoms with Crippen molar-refractivity contribution in [1.29, 1.82) is 0 Å². The van der Waals surface area contributed by atoms with E-state index in [0.29, 0.717) is 0 Å². The molecule has 0 aliphatic carbocycles. The SMILES string of the molecule is Cc1cccc(CN(C)C2CNCCC2(C)O)c1. The highest BCUT2D eigenvalue weighted by Gasteiger charge is 2.36. The first-order valence-corrected chi connectivity index (χ1v) is 6.68. The first-order chi connectivity index (χ1) is 8.49. The third kappa shape index (κ3) is 3.10. The molecule has 0 radical (unpaired) electrons. The molecule has 1 aromatic carbocycles. The van der Waals surface area contributed by atoms with E-state index in [-0.39, 0.29) is 6.04 Å². The zero-order valence-corrected chi connectivity index (χ0v) is 11.6. The van der Waals surface area contributed by atoms with Gasteiger partial charge in [-0.2, -0.15) is 0 Å². The van der Waals surface area contributed by atoms with Crippen molar-refractivity contribution in [3.63, 3.8) is 0 Å². The van der Waals surface area contributed by atoms with Crippen LogP contribution in [0.5, 0.6) is 0 Å². The van der Waals surface area contributed by atoms with E-state index in [1.165, 1.54) is 11.1 Å². The Bertz CT molecular complexity index is 403. The minimum atomic E-state index is -0.593. The number of likely N-dealkylation sites (N-methyl/N-ethyl adjacent to an activating group) is 1. The summed E-state index contributed by atoms with van der Waals surface area (Å²) in [6.45, 7) is 6.70. The van der Waals surface area contributed by atoms with Gasteiger partial charge in [-0.05, 0) is 39.4 Å². The minimum Gasteiger partial charge on any atom is -0.388 e. The molecule has 0 saturated carbocycles. The van der Waals surface area contributed by atoms with Gasteiger partial charge in [0.1, 0.15) is 0 Å². The van der Waals surface area contributed by atoms with Crippen LogP contribution in [0.4, 0.5) is 0 Å². The maximum atomic E-state index is 10.5. The molecule has 0 aromatic heterocycles. The highest BCUT2D eigenvalue weighted by Crippen LogP contribution is 2.23. The molecule has 1 saturated heterocycles. The summed E-state index contributed by atoms with van der Waals surface area (Å²) in [4.78, 5) is 2.25. The van der Waals surface area contributed by atoms with E-state index in [1.54, 1.807) is 0 Å². The Balaban J connectivity index is 2.05. The third-order valence-electron chi connectivity index (χ3n) is 3.91. The molecule has 1 fully saturated rings. The molecule has 3 heteroatoms. The van der Waals surface area contributed by atoms with E-state index >= 15 is 0 Å². The molecule has 1 aromatic rings. The monoisotopic (exact) mass is 248 g/mol. The second-order valence-corrected chi connectivity index (χ2v) is 5.73. The second kappa shape index (κ2) is 5.39. The Morgan fingerprint density at radius 3 is 2.94 bits per heavy atom. The molecule has 2 N–H and O–H groups in total. The lowest BCUT2D eigenvalue weighted by molar-refractivity contribution is -0.0473. The van der Waals surface area contributed by atoms with Crippen molar-refractivity contribution in [2.75, 3.05) is 20.1 Å². The van der Waals surface area contributed by atoms with Crippen LogP contribution in [-0.4, -0.2) is 41.8 Å². The van der Waals surface area contributed by atoms with Crippen molar-refractivity contribution >= 4 is 0 Å². The second-order valence-electron chi connectivity index (χ2n) is 5.73. The van der Waals surface area contributed by atoms with Gasteiger partial charge in [-0.25, -0.2) is 0 Å². The fraction of sp³-hybridized carbons (Fsp3) is 0.600. The summed E-state index contributed by atoms with van der Waals surface area (Å²) >= 11 is 0. The highest BCUT2D eigenvalue weighted by atomic mass is 16.3. The summed E-state index contributed by atoms with van der Waals surface area (Å²) in [5, 5.41) is 13.8. The summed E-state index contributed by atoms with van der Waals surface area (Å²) in [5.41, 5.74) is 2.00. The summed E-state index contributed by atoms with van der Waals surface area (Å²) in [7, 11) is 2.09. The van der Waals surface area contributed by atoms with Gasteiger partial charge in [-0.1, -0.05) is 29.8 Å². The standard InChI is InChI=1S/C15H24N2O/c1-12-5-4-6-13(9-12)11-17(3)14-10-16-8-7-15(14,2)18/h4-6,9,14,16,18H,7-8,10-11H2,1-3H3. The number of hydrogen-bond acceptors (Lipinski definition) is 3. The normalized spacial score (nSPS) is 28.6. The topological polar surface area (TPSA) is 35.5 Å². The van der Waals surface area contributed by atoms with Crippen LogP contribution in [0.1, 0.15) is 24.5 Å². The van der Waals surface area contributed by atoms with Crippen LogP contribution in [0.3, 0.4) is 0 Å². The molecule has 1 heterocycles. The molecule has 2 atom stereocenters. The first-order valence-electron chi connectivity index (χ1n) is 6.68. The number of hydrogen-bond donors (Lipinski definition) is 2. The number of aryl methyl sites for hydroxylation is 1. The molecule has 1 aliphatic rings. The molecular formula is C15H24N2O. The predicted molar refractivity (Wildman–Crippen MR) is 74.5 cm³/mol. The van der Waals surface area contributed by atoms with Crippen molar-refractivity contribution in [3.8, 4) is 0 Å². The van der Waals surface area contributed by atoms with Crippen LogP contribution in [0.2, 0.25) is 0 Å². The van der Waals surface area contributed by atoms with Crippen LogP contribution < -0.4 is 5.32 Å². The van der Waals surface area contributed by atoms with Gasteiger partial charge >= 0.3 is 0 Å². The maximum Gasteiger partial charge on any atom is 0.0798 e. The number of nitrogens with zero attached hydrogens (tertiary/aromatic N) is 1. The average Bonchev–Trinajstić information content (AvgIpc) is 2.28. The number of nitrogens with one attached hydrogen (secondary N) is 1. The van der Waals surface area contributed by atoms with Gasteiger partial charge in [0.15, 0.2) is 0 Å². The molecule has 2 unspecified atom stereocenters. The van der Waals surface area contributed by atoms with Crippen molar-refractivity contribution in [2.45, 2.75) is 38.5 Å². The Hall–Kier alpha value is -0.900. The van der Waals surface area contributed by atoms with Crippen LogP contribution in [-0.2, 0) is 6.54 Å². The lowest BCUT2D eigenvalue weighted by Crippen LogP contribution is -2.59. The molecule has 3 nitrogen and oxygen atoms in total. The van der Waals surface area contributed by atoms with E-state index < -0.39 is 5.60 Å². The molecule has 0 bridgehead atoms. The Morgan fingerprint density at radius 2 is 2.28 bits per heavy atom. The largest absolute Gasteiger partial charge is 0.388 e. The maximum absolute atomic E-state index is 10.5. The summed E-state index contributed by atoms with van der Waals surface area (Å²) in [5.74, 6) is 0. The van der Waals surface area contributed by atoms with Gasteiger partial charge < -0.3 is 10.4 Å². The lowest BCUT2D eigenvalue weighted by Gasteiger charge is -2.42. The summed E-state index contributed by atoms with van der Waals surface area (Å²) in [6, 6.07) is 8.74. The number of aliphatic hydroxyl groups is 1. The van der Waals surface area contributed by atoms with Crippen LogP contribution in [0.15, 0.2) is 24.3 Å². The van der Waals surface area contributed by atoms with Gasteiger partial charge in [-0.3, -0.25) is 4.90 Å². The lowest BCUT2D eigenvalue weighted by atomic mass is 9.88. The van der Waals surface area contributed by atoms with Crippen LogP contribution in [0.25, 0.3) is 0 Å². The van der Waals surface area contributed by atoms with Gasteiger partial charge in [0, 0.05) is 13.1 Å². The molecule has 100 valence electrons. The van der Waals surface area contributed by atoms with E-state index in [2.05, 4.69) is 48.5 Å². The fourth-order valence-electron chi connectivity index (χ4n) is 2.81. The van der Waals surface area contributed by atoms with Gasteiger partial charge in [-0.15, -0.1) is 0 Å². The van der Waals surface area contributed by atoms with Crippen molar-refractivity contribution in [2.24, 2.45) is 0 Å². The molecule has 0 amide bonds. The van der Waals surface area contributed by atoms with Crippen molar-refractivity contribution < 1.29 is 5.11 Å². The Labute approximate surface area is 110 Å². The molecule has 0 spiro atoms. The van der Waals surface area contributed by atoms with E-state index in [9.17, 15) is 5.11 Å². The van der Waals surface area contributed by atoms with Gasteiger partial charge in [0.05, 0.1) is 11.6 Å². The zero-order valence-electron chi connectivity index (χ0n) is 11.6. The molecule has 2 rings (SSSR count). The molecule has 18 heavy (non-hydrogen) atoms. The van der Waals surface area contributed by atoms with Gasteiger partial charge in [0.25, 0.3) is 0 Å². The van der Waals surface area contributed by atoms with E-state index in [1.807, 2.05) is 6.92 Å².